The summed E-state index contributed by atoms with van der Waals surface area (Å²) in [5, 5.41) is 5.67. The summed E-state index contributed by atoms with van der Waals surface area (Å²) < 4.78 is 31.0. The van der Waals surface area contributed by atoms with E-state index in [2.05, 4.69) is 10.6 Å². The van der Waals surface area contributed by atoms with E-state index < -0.39 is 22.5 Å². The lowest BCUT2D eigenvalue weighted by molar-refractivity contribution is -0.116. The average Bonchev–Trinajstić information content (AvgIpc) is 2.68. The van der Waals surface area contributed by atoms with Crippen molar-refractivity contribution in [2.24, 2.45) is 0 Å². The fourth-order valence-corrected chi connectivity index (χ4v) is 3.67. The van der Waals surface area contributed by atoms with E-state index in [-0.39, 0.29) is 22.1 Å². The number of para-hydroxylation sites is 1. The number of carbonyl (C=O) groups excluding carboxylic acids is 2. The summed E-state index contributed by atoms with van der Waals surface area (Å²) in [5.74, 6) is -0.956. The number of hydrogen-bond donors (Lipinski definition) is 2. The first-order valence-electron chi connectivity index (χ1n) is 8.63. The monoisotopic (exact) mass is 439 g/mol. The molecule has 0 aliphatic carbocycles. The van der Waals surface area contributed by atoms with Gasteiger partial charge in [-0.3, -0.25) is 9.59 Å². The van der Waals surface area contributed by atoms with Crippen LogP contribution in [-0.4, -0.2) is 58.4 Å². The Kier molecular flexibility index (Phi) is 8.15. The van der Waals surface area contributed by atoms with Crippen LogP contribution >= 0.6 is 11.6 Å². The summed E-state index contributed by atoms with van der Waals surface area (Å²) in [6, 6.07) is 12.1. The van der Waals surface area contributed by atoms with E-state index in [4.69, 9.17) is 16.3 Å². The standard InChI is InChI=1S/C19H22ClN3O5S/c1-23(29(26,27)15-9-7-14(20)8-10-15)13-18(24)22-17-6-4-3-5-16(17)19(25)21-11-12-28-2/h3-10H,11-13H2,1-2H3,(H,21,25)(H,22,24). The van der Waals surface area contributed by atoms with Crippen molar-refractivity contribution >= 4 is 39.1 Å². The van der Waals surface area contributed by atoms with Crippen molar-refractivity contribution in [2.75, 3.05) is 39.2 Å². The van der Waals surface area contributed by atoms with Crippen LogP contribution in [0.5, 0.6) is 0 Å². The van der Waals surface area contributed by atoms with Crippen molar-refractivity contribution in [2.45, 2.75) is 4.90 Å². The van der Waals surface area contributed by atoms with Crippen LogP contribution in [0.4, 0.5) is 5.69 Å². The molecule has 0 heterocycles. The summed E-state index contributed by atoms with van der Waals surface area (Å²) in [5.41, 5.74) is 0.546. The van der Waals surface area contributed by atoms with Crippen molar-refractivity contribution in [3.63, 3.8) is 0 Å². The minimum atomic E-state index is -3.86. The highest BCUT2D eigenvalue weighted by Crippen LogP contribution is 2.18. The fraction of sp³-hybridized carbons (Fsp3) is 0.263. The zero-order valence-corrected chi connectivity index (χ0v) is 17.6. The first kappa shape index (κ1) is 22.8. The maximum atomic E-state index is 12.6. The zero-order chi connectivity index (χ0) is 21.4. The third-order valence-corrected chi connectivity index (χ3v) is 6.00. The van der Waals surface area contributed by atoms with Gasteiger partial charge in [-0.2, -0.15) is 4.31 Å². The highest BCUT2D eigenvalue weighted by molar-refractivity contribution is 7.89. The Balaban J connectivity index is 2.07. The largest absolute Gasteiger partial charge is 0.383 e. The molecule has 2 N–H and O–H groups in total. The first-order valence-corrected chi connectivity index (χ1v) is 10.5. The number of hydrogen-bond acceptors (Lipinski definition) is 5. The molecule has 0 saturated heterocycles. The average molecular weight is 440 g/mol. The van der Waals surface area contributed by atoms with Gasteiger partial charge in [0, 0.05) is 25.7 Å². The molecule has 2 aromatic carbocycles. The molecule has 0 radical (unpaired) electrons. The Labute approximate surface area is 174 Å². The van der Waals surface area contributed by atoms with Crippen molar-refractivity contribution in [1.29, 1.82) is 0 Å². The molecule has 10 heteroatoms. The second-order valence-corrected chi connectivity index (χ2v) is 8.54. The molecule has 0 bridgehead atoms. The molecule has 2 amide bonds. The third kappa shape index (κ3) is 6.26. The second-order valence-electron chi connectivity index (χ2n) is 6.06. The molecule has 0 atom stereocenters. The number of ether oxygens (including phenoxy) is 1. The van der Waals surface area contributed by atoms with E-state index in [1.807, 2.05) is 0 Å². The Hall–Kier alpha value is -2.46. The van der Waals surface area contributed by atoms with Gasteiger partial charge in [-0.05, 0) is 36.4 Å². The van der Waals surface area contributed by atoms with E-state index in [9.17, 15) is 18.0 Å². The van der Waals surface area contributed by atoms with Crippen LogP contribution in [0.2, 0.25) is 5.02 Å². The molecule has 29 heavy (non-hydrogen) atoms. The summed E-state index contributed by atoms with van der Waals surface area (Å²) in [7, 11) is -1.04. The molecule has 8 nitrogen and oxygen atoms in total. The lowest BCUT2D eigenvalue weighted by Crippen LogP contribution is -2.35. The summed E-state index contributed by atoms with van der Waals surface area (Å²) in [6.45, 7) is 0.248. The maximum absolute atomic E-state index is 12.6. The number of halogens is 1. The van der Waals surface area contributed by atoms with Crippen LogP contribution in [0.3, 0.4) is 0 Å². The number of methoxy groups -OCH3 is 1. The molecule has 156 valence electrons. The van der Waals surface area contributed by atoms with Crippen LogP contribution in [0, 0.1) is 0 Å². The number of sulfonamides is 1. The van der Waals surface area contributed by atoms with E-state index in [1.165, 1.54) is 38.4 Å². The van der Waals surface area contributed by atoms with Gasteiger partial charge in [0.1, 0.15) is 0 Å². The predicted octanol–water partition coefficient (Wildman–Crippen LogP) is 1.98. The minimum absolute atomic E-state index is 0.0233. The number of benzene rings is 2. The third-order valence-electron chi connectivity index (χ3n) is 3.93. The van der Waals surface area contributed by atoms with Crippen LogP contribution in [0.1, 0.15) is 10.4 Å². The number of anilines is 1. The molecular formula is C19H22ClN3O5S. The maximum Gasteiger partial charge on any atom is 0.253 e. The topological polar surface area (TPSA) is 105 Å². The predicted molar refractivity (Wildman–Crippen MR) is 111 cm³/mol. The highest BCUT2D eigenvalue weighted by atomic mass is 35.5. The molecule has 0 fully saturated rings. The summed E-state index contributed by atoms with van der Waals surface area (Å²) >= 11 is 5.78. The van der Waals surface area contributed by atoms with Crippen molar-refractivity contribution < 1.29 is 22.7 Å². The summed E-state index contributed by atoms with van der Waals surface area (Å²) in [4.78, 5) is 24.7. The van der Waals surface area contributed by atoms with Crippen LogP contribution < -0.4 is 10.6 Å². The molecule has 2 rings (SSSR count). The number of nitrogens with zero attached hydrogens (tertiary/aromatic N) is 1. The number of amides is 2. The van der Waals surface area contributed by atoms with Gasteiger partial charge in [0.25, 0.3) is 5.91 Å². The van der Waals surface area contributed by atoms with Gasteiger partial charge in [-0.1, -0.05) is 23.7 Å². The smallest absolute Gasteiger partial charge is 0.253 e. The van der Waals surface area contributed by atoms with Crippen LogP contribution in [0.15, 0.2) is 53.4 Å². The number of carbonyl (C=O) groups is 2. The van der Waals surface area contributed by atoms with Gasteiger partial charge in [0.2, 0.25) is 15.9 Å². The molecule has 0 aromatic heterocycles. The quantitative estimate of drug-likeness (QED) is 0.581. The molecule has 0 unspecified atom stereocenters. The molecular weight excluding hydrogens is 418 g/mol. The van der Waals surface area contributed by atoms with Gasteiger partial charge >= 0.3 is 0 Å². The molecule has 0 aliphatic heterocycles. The number of rotatable bonds is 9. The molecule has 0 spiro atoms. The Morgan fingerprint density at radius 2 is 1.76 bits per heavy atom. The normalized spacial score (nSPS) is 11.3. The number of nitrogens with one attached hydrogen (secondary N) is 2. The van der Waals surface area contributed by atoms with Crippen molar-refractivity contribution in [3.05, 3.63) is 59.1 Å². The van der Waals surface area contributed by atoms with Gasteiger partial charge < -0.3 is 15.4 Å². The van der Waals surface area contributed by atoms with E-state index in [1.54, 1.807) is 24.3 Å². The summed E-state index contributed by atoms with van der Waals surface area (Å²) in [6.07, 6.45) is 0. The lowest BCUT2D eigenvalue weighted by Gasteiger charge is -2.17. The van der Waals surface area contributed by atoms with Crippen LogP contribution in [-0.2, 0) is 19.6 Å². The van der Waals surface area contributed by atoms with Crippen molar-refractivity contribution in [1.82, 2.24) is 9.62 Å². The number of likely N-dealkylation sites (N-methyl/N-ethyl adjacent to an activating group) is 1. The van der Waals surface area contributed by atoms with Crippen LogP contribution in [0.25, 0.3) is 0 Å². The lowest BCUT2D eigenvalue weighted by atomic mass is 10.1. The van der Waals surface area contributed by atoms with Gasteiger partial charge in [-0.15, -0.1) is 0 Å². The highest BCUT2D eigenvalue weighted by Gasteiger charge is 2.23. The zero-order valence-electron chi connectivity index (χ0n) is 16.0. The van der Waals surface area contributed by atoms with Gasteiger partial charge in [0.05, 0.1) is 29.3 Å². The molecule has 0 aliphatic rings. The molecule has 0 saturated carbocycles. The van der Waals surface area contributed by atoms with Gasteiger partial charge in [0.15, 0.2) is 0 Å². The fourth-order valence-electron chi connectivity index (χ4n) is 2.42. The van der Waals surface area contributed by atoms with E-state index >= 15 is 0 Å². The Bertz CT molecular complexity index is 964. The first-order chi connectivity index (χ1) is 13.8. The second kappa shape index (κ2) is 10.4. The Morgan fingerprint density at radius 3 is 2.41 bits per heavy atom. The molecule has 2 aromatic rings. The van der Waals surface area contributed by atoms with Gasteiger partial charge in [-0.25, -0.2) is 8.42 Å². The minimum Gasteiger partial charge on any atom is -0.383 e. The van der Waals surface area contributed by atoms with E-state index in [0.717, 1.165) is 4.31 Å². The SMILES string of the molecule is COCCNC(=O)c1ccccc1NC(=O)CN(C)S(=O)(=O)c1ccc(Cl)cc1. The van der Waals surface area contributed by atoms with E-state index in [0.29, 0.717) is 18.2 Å². The van der Waals surface area contributed by atoms with Crippen molar-refractivity contribution in [3.8, 4) is 0 Å². The Morgan fingerprint density at radius 1 is 1.10 bits per heavy atom.